The zero-order chi connectivity index (χ0) is 20.3. The first-order chi connectivity index (χ1) is 13.3. The number of carbonyl (C=O) groups excluding carboxylic acids is 1. The second kappa shape index (κ2) is 8.73. The Bertz CT molecular complexity index is 852. The van der Waals surface area contributed by atoms with Crippen molar-refractivity contribution in [3.05, 3.63) is 46.4 Å². The van der Waals surface area contributed by atoms with Gasteiger partial charge in [0.2, 0.25) is 5.95 Å². The maximum absolute atomic E-state index is 13.3. The van der Waals surface area contributed by atoms with E-state index in [1.807, 2.05) is 32.0 Å². The monoisotopic (exact) mass is 405 g/mol. The first kappa shape index (κ1) is 20.3. The molecule has 8 heteroatoms. The van der Waals surface area contributed by atoms with Crippen LogP contribution < -0.4 is 15.5 Å². The molecule has 1 aliphatic rings. The van der Waals surface area contributed by atoms with Crippen molar-refractivity contribution in [1.29, 1.82) is 0 Å². The number of aryl methyl sites for hydroxylation is 1. The van der Waals surface area contributed by atoms with Crippen LogP contribution in [0.25, 0.3) is 0 Å². The Morgan fingerprint density at radius 1 is 1.14 bits per heavy atom. The van der Waals surface area contributed by atoms with Crippen LogP contribution in [0.15, 0.2) is 24.3 Å². The molecule has 0 atom stereocenters. The molecule has 1 saturated carbocycles. The van der Waals surface area contributed by atoms with Gasteiger partial charge in [-0.3, -0.25) is 4.79 Å². The fourth-order valence-electron chi connectivity index (χ4n) is 3.32. The van der Waals surface area contributed by atoms with Gasteiger partial charge in [-0.2, -0.15) is 4.98 Å². The number of nitrogens with zero attached hydrogens (tertiary/aromatic N) is 3. The highest BCUT2D eigenvalue weighted by Gasteiger charge is 2.23. The summed E-state index contributed by atoms with van der Waals surface area (Å²) in [6.45, 7) is 1.95. The Kier molecular flexibility index (Phi) is 6.34. The van der Waals surface area contributed by atoms with Gasteiger partial charge in [-0.25, -0.2) is 9.37 Å². The maximum Gasteiger partial charge on any atom is 0.251 e. The van der Waals surface area contributed by atoms with Crippen LogP contribution >= 0.6 is 11.6 Å². The molecule has 1 fully saturated rings. The van der Waals surface area contributed by atoms with Gasteiger partial charge in [0, 0.05) is 43.5 Å². The van der Waals surface area contributed by atoms with Crippen molar-refractivity contribution in [3.63, 3.8) is 0 Å². The topological polar surface area (TPSA) is 70.2 Å². The summed E-state index contributed by atoms with van der Waals surface area (Å²) in [7, 11) is 3.90. The molecule has 2 aromatic rings. The van der Waals surface area contributed by atoms with Gasteiger partial charge in [-0.1, -0.05) is 11.6 Å². The van der Waals surface area contributed by atoms with Gasteiger partial charge >= 0.3 is 0 Å². The molecule has 150 valence electrons. The molecule has 0 aliphatic heterocycles. The third-order valence-electron chi connectivity index (χ3n) is 4.88. The van der Waals surface area contributed by atoms with Gasteiger partial charge in [0.25, 0.3) is 5.91 Å². The quantitative estimate of drug-likeness (QED) is 0.791. The Morgan fingerprint density at radius 2 is 1.82 bits per heavy atom. The minimum atomic E-state index is -0.527. The first-order valence-corrected chi connectivity index (χ1v) is 9.75. The molecule has 0 saturated heterocycles. The predicted octanol–water partition coefficient (Wildman–Crippen LogP) is 3.80. The van der Waals surface area contributed by atoms with Crippen molar-refractivity contribution in [2.24, 2.45) is 0 Å². The number of halogens is 2. The van der Waals surface area contributed by atoms with Gasteiger partial charge in [0.1, 0.15) is 11.6 Å². The lowest BCUT2D eigenvalue weighted by Crippen LogP contribution is -2.40. The van der Waals surface area contributed by atoms with Crippen LogP contribution in [0.5, 0.6) is 0 Å². The second-order valence-corrected chi connectivity index (χ2v) is 7.79. The number of amides is 1. The van der Waals surface area contributed by atoms with E-state index in [9.17, 15) is 9.18 Å². The van der Waals surface area contributed by atoms with Crippen molar-refractivity contribution < 1.29 is 9.18 Å². The fraction of sp³-hybridized carbons (Fsp3) is 0.450. The van der Waals surface area contributed by atoms with Crippen molar-refractivity contribution in [2.75, 3.05) is 24.3 Å². The van der Waals surface area contributed by atoms with Gasteiger partial charge < -0.3 is 15.5 Å². The Labute approximate surface area is 169 Å². The zero-order valence-corrected chi connectivity index (χ0v) is 17.1. The molecule has 1 heterocycles. The molecule has 1 aliphatic carbocycles. The normalized spacial score (nSPS) is 19.2. The summed E-state index contributed by atoms with van der Waals surface area (Å²) in [6, 6.07) is 6.31. The number of aromatic nitrogens is 2. The van der Waals surface area contributed by atoms with Crippen molar-refractivity contribution in [3.8, 4) is 0 Å². The SMILES string of the molecule is Cc1cc(N(C)C)nc(NC2CCC(NC(=O)c3ccc(F)c(Cl)c3)CC2)n1. The van der Waals surface area contributed by atoms with E-state index >= 15 is 0 Å². The van der Waals surface area contributed by atoms with E-state index < -0.39 is 5.82 Å². The largest absolute Gasteiger partial charge is 0.363 e. The summed E-state index contributed by atoms with van der Waals surface area (Å²) in [6.07, 6.45) is 3.52. The highest BCUT2D eigenvalue weighted by atomic mass is 35.5. The molecule has 0 spiro atoms. The number of rotatable bonds is 5. The van der Waals surface area contributed by atoms with Gasteiger partial charge in [0.05, 0.1) is 5.02 Å². The number of hydrogen-bond donors (Lipinski definition) is 2. The van der Waals surface area contributed by atoms with Crippen LogP contribution in [0.1, 0.15) is 41.7 Å². The molecule has 1 aromatic heterocycles. The lowest BCUT2D eigenvalue weighted by molar-refractivity contribution is 0.0926. The van der Waals surface area contributed by atoms with Gasteiger partial charge in [0.15, 0.2) is 0 Å². The number of carbonyl (C=O) groups is 1. The summed E-state index contributed by atoms with van der Waals surface area (Å²) in [5.41, 5.74) is 1.29. The first-order valence-electron chi connectivity index (χ1n) is 9.37. The number of anilines is 2. The standard InChI is InChI=1S/C20H25ClFN5O/c1-12-10-18(27(2)3)26-20(23-12)25-15-7-5-14(6-8-15)24-19(28)13-4-9-17(22)16(21)11-13/h4,9-11,14-15H,5-8H2,1-3H3,(H,24,28)(H,23,25,26). The van der Waals surface area contributed by atoms with E-state index in [2.05, 4.69) is 20.6 Å². The smallest absolute Gasteiger partial charge is 0.251 e. The van der Waals surface area contributed by atoms with E-state index in [1.165, 1.54) is 18.2 Å². The van der Waals surface area contributed by atoms with Gasteiger partial charge in [-0.05, 0) is 50.8 Å². The molecule has 0 bridgehead atoms. The molecular formula is C20H25ClFN5O. The molecule has 1 aromatic carbocycles. The highest BCUT2D eigenvalue weighted by Crippen LogP contribution is 2.23. The molecule has 0 radical (unpaired) electrons. The van der Waals surface area contributed by atoms with Crippen LogP contribution in [0.4, 0.5) is 16.2 Å². The second-order valence-electron chi connectivity index (χ2n) is 7.38. The molecule has 0 unspecified atom stereocenters. The van der Waals surface area contributed by atoms with E-state index in [0.717, 1.165) is 37.2 Å². The zero-order valence-electron chi connectivity index (χ0n) is 16.3. The maximum atomic E-state index is 13.3. The third-order valence-corrected chi connectivity index (χ3v) is 5.17. The summed E-state index contributed by atoms with van der Waals surface area (Å²) < 4.78 is 13.3. The molecule has 1 amide bonds. The lowest BCUT2D eigenvalue weighted by Gasteiger charge is -2.30. The Morgan fingerprint density at radius 3 is 2.46 bits per heavy atom. The summed E-state index contributed by atoms with van der Waals surface area (Å²) in [5.74, 6) is 0.752. The minimum absolute atomic E-state index is 0.0455. The average Bonchev–Trinajstić information content (AvgIpc) is 2.65. The molecule has 6 nitrogen and oxygen atoms in total. The van der Waals surface area contributed by atoms with Crippen LogP contribution in [-0.4, -0.2) is 42.1 Å². The third kappa shape index (κ3) is 5.10. The molecule has 2 N–H and O–H groups in total. The van der Waals surface area contributed by atoms with Crippen LogP contribution in [-0.2, 0) is 0 Å². The average molecular weight is 406 g/mol. The van der Waals surface area contributed by atoms with E-state index in [-0.39, 0.29) is 23.0 Å². The fourth-order valence-corrected chi connectivity index (χ4v) is 3.50. The van der Waals surface area contributed by atoms with Crippen molar-refractivity contribution in [1.82, 2.24) is 15.3 Å². The summed E-state index contributed by atoms with van der Waals surface area (Å²) >= 11 is 5.76. The molecule has 28 heavy (non-hydrogen) atoms. The molecular weight excluding hydrogens is 381 g/mol. The van der Waals surface area contributed by atoms with Crippen LogP contribution in [0, 0.1) is 12.7 Å². The van der Waals surface area contributed by atoms with Crippen molar-refractivity contribution >= 4 is 29.3 Å². The summed E-state index contributed by atoms with van der Waals surface area (Å²) in [5, 5.41) is 6.38. The number of hydrogen-bond acceptors (Lipinski definition) is 5. The van der Waals surface area contributed by atoms with Crippen molar-refractivity contribution in [2.45, 2.75) is 44.7 Å². The van der Waals surface area contributed by atoms with E-state index in [1.54, 1.807) is 0 Å². The van der Waals surface area contributed by atoms with E-state index in [4.69, 9.17) is 11.6 Å². The van der Waals surface area contributed by atoms with E-state index in [0.29, 0.717) is 11.5 Å². The summed E-state index contributed by atoms with van der Waals surface area (Å²) in [4.78, 5) is 23.3. The number of nitrogens with one attached hydrogen (secondary N) is 2. The molecule has 3 rings (SSSR count). The van der Waals surface area contributed by atoms with Crippen LogP contribution in [0.3, 0.4) is 0 Å². The number of benzene rings is 1. The lowest BCUT2D eigenvalue weighted by atomic mass is 9.91. The van der Waals surface area contributed by atoms with Crippen LogP contribution in [0.2, 0.25) is 5.02 Å². The predicted molar refractivity (Wildman–Crippen MR) is 110 cm³/mol. The Hall–Kier alpha value is -2.41. The minimum Gasteiger partial charge on any atom is -0.363 e. The Balaban J connectivity index is 1.53. The van der Waals surface area contributed by atoms with Gasteiger partial charge in [-0.15, -0.1) is 0 Å². The highest BCUT2D eigenvalue weighted by molar-refractivity contribution is 6.31.